The van der Waals surface area contributed by atoms with Gasteiger partial charge in [0.1, 0.15) is 6.23 Å². The quantitative estimate of drug-likeness (QED) is 0.367. The van der Waals surface area contributed by atoms with E-state index in [1.54, 1.807) is 0 Å². The van der Waals surface area contributed by atoms with E-state index < -0.39 is 17.9 Å². The van der Waals surface area contributed by atoms with E-state index in [9.17, 15) is 14.7 Å². The summed E-state index contributed by atoms with van der Waals surface area (Å²) in [6.07, 6.45) is 3.20. The van der Waals surface area contributed by atoms with Crippen LogP contribution in [0.1, 0.15) is 39.5 Å². The molecule has 21 heavy (non-hydrogen) atoms. The monoisotopic (exact) mass is 297 g/mol. The molecular weight excluding hydrogens is 270 g/mol. The van der Waals surface area contributed by atoms with Gasteiger partial charge in [-0.2, -0.15) is 0 Å². The Morgan fingerprint density at radius 2 is 2.00 bits per heavy atom. The van der Waals surface area contributed by atoms with Crippen molar-refractivity contribution in [3.05, 3.63) is 0 Å². The van der Waals surface area contributed by atoms with Gasteiger partial charge in [-0.15, -0.1) is 0 Å². The molecular formula is C15H27N3O3. The third kappa shape index (κ3) is 5.05. The van der Waals surface area contributed by atoms with Gasteiger partial charge in [0.2, 0.25) is 5.78 Å². The lowest BCUT2D eigenvalue weighted by atomic mass is 9.90. The molecule has 1 amide bonds. The Morgan fingerprint density at radius 1 is 1.29 bits per heavy atom. The molecule has 2 aliphatic rings. The van der Waals surface area contributed by atoms with E-state index >= 15 is 0 Å². The summed E-state index contributed by atoms with van der Waals surface area (Å²) in [4.78, 5) is 23.2. The molecule has 3 atom stereocenters. The van der Waals surface area contributed by atoms with E-state index in [0.717, 1.165) is 32.2 Å². The van der Waals surface area contributed by atoms with Crippen LogP contribution in [0.2, 0.25) is 0 Å². The summed E-state index contributed by atoms with van der Waals surface area (Å²) in [5, 5.41) is 18.9. The normalized spacial score (nSPS) is 26.9. The fourth-order valence-electron chi connectivity index (χ4n) is 2.92. The third-order valence-electron chi connectivity index (χ3n) is 4.15. The van der Waals surface area contributed by atoms with Crippen LogP contribution < -0.4 is 16.0 Å². The van der Waals surface area contributed by atoms with Gasteiger partial charge in [0.05, 0.1) is 6.54 Å². The van der Waals surface area contributed by atoms with Gasteiger partial charge in [0, 0.05) is 12.1 Å². The molecule has 0 aromatic heterocycles. The second-order valence-corrected chi connectivity index (χ2v) is 6.65. The summed E-state index contributed by atoms with van der Waals surface area (Å²) in [6, 6.07) is 0.130. The van der Waals surface area contributed by atoms with Crippen molar-refractivity contribution in [3.63, 3.8) is 0 Å². The average molecular weight is 297 g/mol. The molecule has 1 saturated heterocycles. The van der Waals surface area contributed by atoms with E-state index in [2.05, 4.69) is 29.8 Å². The number of amides is 1. The van der Waals surface area contributed by atoms with Crippen LogP contribution in [0.15, 0.2) is 0 Å². The number of Topliss-reactive ketones (excluding diaryl/α,β-unsaturated/α-hetero) is 1. The molecule has 2 fully saturated rings. The largest absolute Gasteiger partial charge is 0.377 e. The van der Waals surface area contributed by atoms with Crippen molar-refractivity contribution >= 4 is 11.7 Å². The molecule has 1 heterocycles. The number of ketones is 1. The lowest BCUT2D eigenvalue weighted by Gasteiger charge is -2.26. The van der Waals surface area contributed by atoms with Crippen LogP contribution in [0, 0.1) is 11.8 Å². The van der Waals surface area contributed by atoms with Crippen molar-refractivity contribution in [2.24, 2.45) is 11.8 Å². The number of carbonyl (C=O) groups excluding carboxylic acids is 2. The van der Waals surface area contributed by atoms with E-state index in [4.69, 9.17) is 0 Å². The zero-order valence-corrected chi connectivity index (χ0v) is 12.9. The van der Waals surface area contributed by atoms with Gasteiger partial charge in [-0.25, -0.2) is 0 Å². The first-order chi connectivity index (χ1) is 9.97. The second-order valence-electron chi connectivity index (χ2n) is 6.65. The molecule has 2 unspecified atom stereocenters. The summed E-state index contributed by atoms with van der Waals surface area (Å²) in [7, 11) is 0. The molecule has 1 aliphatic heterocycles. The second kappa shape index (κ2) is 7.33. The Morgan fingerprint density at radius 3 is 2.62 bits per heavy atom. The van der Waals surface area contributed by atoms with Crippen LogP contribution in [0.3, 0.4) is 0 Å². The first kappa shape index (κ1) is 16.4. The van der Waals surface area contributed by atoms with Crippen molar-refractivity contribution in [1.82, 2.24) is 16.0 Å². The predicted octanol–water partition coefficient (Wildman–Crippen LogP) is -0.234. The maximum absolute atomic E-state index is 11.7. The Labute approximate surface area is 126 Å². The van der Waals surface area contributed by atoms with Crippen molar-refractivity contribution < 1.29 is 14.7 Å². The highest BCUT2D eigenvalue weighted by atomic mass is 16.3. The predicted molar refractivity (Wildman–Crippen MR) is 79.5 cm³/mol. The summed E-state index contributed by atoms with van der Waals surface area (Å²) in [5.41, 5.74) is 0. The van der Waals surface area contributed by atoms with E-state index in [1.165, 1.54) is 0 Å². The standard InChI is InChI=1S/C15H27N3O3/c1-9(2)7-10-5-6-16-13(10)15(21)17-8-12(19)14(20)18-11-3-4-11/h9-11,13,15-17,21H,3-8H2,1-2H3,(H,18,20)/t10?,13-,15?/m0/s1. The molecule has 0 bridgehead atoms. The van der Waals surface area contributed by atoms with Crippen LogP contribution in [0.25, 0.3) is 0 Å². The first-order valence-corrected chi connectivity index (χ1v) is 7.96. The molecule has 2 rings (SSSR count). The number of nitrogens with one attached hydrogen (secondary N) is 3. The van der Waals surface area contributed by atoms with Gasteiger partial charge in [-0.05, 0) is 44.1 Å². The molecule has 0 radical (unpaired) electrons. The Hall–Kier alpha value is -0.980. The van der Waals surface area contributed by atoms with E-state index in [-0.39, 0.29) is 18.6 Å². The number of carbonyl (C=O) groups is 2. The van der Waals surface area contributed by atoms with Crippen LogP contribution in [0.5, 0.6) is 0 Å². The molecule has 0 spiro atoms. The summed E-state index contributed by atoms with van der Waals surface area (Å²) >= 11 is 0. The van der Waals surface area contributed by atoms with Gasteiger partial charge < -0.3 is 15.7 Å². The molecule has 4 N–H and O–H groups in total. The van der Waals surface area contributed by atoms with E-state index in [0.29, 0.717) is 11.8 Å². The number of rotatable bonds is 8. The third-order valence-corrected chi connectivity index (χ3v) is 4.15. The molecule has 120 valence electrons. The molecule has 0 aromatic rings. The first-order valence-electron chi connectivity index (χ1n) is 7.96. The zero-order valence-electron chi connectivity index (χ0n) is 12.9. The molecule has 6 heteroatoms. The van der Waals surface area contributed by atoms with Crippen molar-refractivity contribution in [3.8, 4) is 0 Å². The molecule has 6 nitrogen and oxygen atoms in total. The smallest absolute Gasteiger partial charge is 0.288 e. The minimum Gasteiger partial charge on any atom is -0.377 e. The molecule has 0 aromatic carbocycles. The van der Waals surface area contributed by atoms with Crippen molar-refractivity contribution in [2.75, 3.05) is 13.1 Å². The maximum Gasteiger partial charge on any atom is 0.288 e. The fraction of sp³-hybridized carbons (Fsp3) is 0.867. The Bertz CT molecular complexity index is 382. The summed E-state index contributed by atoms with van der Waals surface area (Å²) < 4.78 is 0. The Balaban J connectivity index is 1.73. The zero-order chi connectivity index (χ0) is 15.4. The minimum atomic E-state index is -0.797. The summed E-state index contributed by atoms with van der Waals surface area (Å²) in [6.45, 7) is 5.10. The SMILES string of the molecule is CC(C)CC1CCN[C@@H]1C(O)NCC(=O)C(=O)NC1CC1. The average Bonchev–Trinajstić information content (AvgIpc) is 3.12. The summed E-state index contributed by atoms with van der Waals surface area (Å²) in [5.74, 6) is -0.0758. The van der Waals surface area contributed by atoms with Gasteiger partial charge in [0.15, 0.2) is 0 Å². The van der Waals surface area contributed by atoms with Crippen molar-refractivity contribution in [1.29, 1.82) is 0 Å². The van der Waals surface area contributed by atoms with Gasteiger partial charge in [-0.3, -0.25) is 14.9 Å². The lowest BCUT2D eigenvalue weighted by molar-refractivity contribution is -0.137. The van der Waals surface area contributed by atoms with Crippen LogP contribution in [-0.4, -0.2) is 48.2 Å². The highest BCUT2D eigenvalue weighted by Crippen LogP contribution is 2.24. The number of hydrogen-bond acceptors (Lipinski definition) is 5. The number of aliphatic hydroxyl groups is 1. The highest BCUT2D eigenvalue weighted by Gasteiger charge is 2.33. The highest BCUT2D eigenvalue weighted by molar-refractivity contribution is 6.37. The molecule has 1 aliphatic carbocycles. The minimum absolute atomic E-state index is 0.0494. The molecule has 1 saturated carbocycles. The van der Waals surface area contributed by atoms with Crippen LogP contribution >= 0.6 is 0 Å². The van der Waals surface area contributed by atoms with Crippen molar-refractivity contribution in [2.45, 2.75) is 57.8 Å². The number of aliphatic hydroxyl groups excluding tert-OH is 1. The van der Waals surface area contributed by atoms with Crippen LogP contribution in [-0.2, 0) is 9.59 Å². The fourth-order valence-corrected chi connectivity index (χ4v) is 2.92. The van der Waals surface area contributed by atoms with Crippen LogP contribution in [0.4, 0.5) is 0 Å². The Kier molecular flexibility index (Phi) is 5.72. The lowest BCUT2D eigenvalue weighted by Crippen LogP contribution is -2.50. The van der Waals surface area contributed by atoms with E-state index in [1.807, 2.05) is 0 Å². The van der Waals surface area contributed by atoms with Gasteiger partial charge in [-0.1, -0.05) is 13.8 Å². The van der Waals surface area contributed by atoms with Gasteiger partial charge >= 0.3 is 0 Å². The number of hydrogen-bond donors (Lipinski definition) is 4. The maximum atomic E-state index is 11.7. The van der Waals surface area contributed by atoms with Gasteiger partial charge in [0.25, 0.3) is 5.91 Å². The topological polar surface area (TPSA) is 90.5 Å².